The monoisotopic (exact) mass is 142 g/mol. The largest absolute Gasteiger partial charge is 0.392 e. The van der Waals surface area contributed by atoms with Crippen molar-refractivity contribution >= 4 is 0 Å². The SMILES string of the molecule is CCC(C=C(C)CO)CC. The molecule has 0 bridgehead atoms. The minimum atomic E-state index is 0.205. The molecule has 0 aliphatic heterocycles. The van der Waals surface area contributed by atoms with Crippen LogP contribution in [0.1, 0.15) is 33.6 Å². The minimum absolute atomic E-state index is 0.205. The van der Waals surface area contributed by atoms with Crippen LogP contribution in [-0.4, -0.2) is 11.7 Å². The quantitative estimate of drug-likeness (QED) is 0.597. The molecule has 0 spiro atoms. The molecule has 0 aromatic rings. The predicted octanol–water partition coefficient (Wildman–Crippen LogP) is 2.36. The summed E-state index contributed by atoms with van der Waals surface area (Å²) in [5, 5.41) is 8.71. The molecule has 10 heavy (non-hydrogen) atoms. The lowest BCUT2D eigenvalue weighted by atomic mass is 10.0. The molecule has 0 amide bonds. The highest BCUT2D eigenvalue weighted by molar-refractivity contribution is 5.00. The Hall–Kier alpha value is -0.300. The van der Waals surface area contributed by atoms with Crippen molar-refractivity contribution in [2.45, 2.75) is 33.6 Å². The Bertz CT molecular complexity index is 101. The minimum Gasteiger partial charge on any atom is -0.392 e. The van der Waals surface area contributed by atoms with Gasteiger partial charge in [-0.2, -0.15) is 0 Å². The lowest BCUT2D eigenvalue weighted by Gasteiger charge is -2.06. The molecule has 60 valence electrons. The molecule has 0 fully saturated rings. The lowest BCUT2D eigenvalue weighted by Crippen LogP contribution is -1.94. The van der Waals surface area contributed by atoms with E-state index in [1.165, 1.54) is 12.8 Å². The highest BCUT2D eigenvalue weighted by atomic mass is 16.3. The molecular formula is C9H18O. The van der Waals surface area contributed by atoms with Gasteiger partial charge in [0, 0.05) is 0 Å². The van der Waals surface area contributed by atoms with Crippen molar-refractivity contribution in [2.24, 2.45) is 5.92 Å². The third-order valence-electron chi connectivity index (χ3n) is 1.82. The van der Waals surface area contributed by atoms with Crippen LogP contribution in [-0.2, 0) is 0 Å². The van der Waals surface area contributed by atoms with Gasteiger partial charge in [-0.3, -0.25) is 0 Å². The smallest absolute Gasteiger partial charge is 0.0639 e. The van der Waals surface area contributed by atoms with Crippen LogP contribution in [0.2, 0.25) is 0 Å². The average molecular weight is 142 g/mol. The van der Waals surface area contributed by atoms with E-state index in [1.807, 2.05) is 6.92 Å². The van der Waals surface area contributed by atoms with E-state index in [1.54, 1.807) is 0 Å². The van der Waals surface area contributed by atoms with E-state index in [4.69, 9.17) is 5.11 Å². The van der Waals surface area contributed by atoms with Crippen molar-refractivity contribution in [3.63, 3.8) is 0 Å². The topological polar surface area (TPSA) is 20.2 Å². The molecule has 0 radical (unpaired) electrons. The highest BCUT2D eigenvalue weighted by Gasteiger charge is 1.97. The Morgan fingerprint density at radius 1 is 1.40 bits per heavy atom. The fourth-order valence-electron chi connectivity index (χ4n) is 0.979. The number of hydrogen-bond donors (Lipinski definition) is 1. The molecule has 0 aliphatic rings. The molecule has 0 rings (SSSR count). The number of allylic oxidation sites excluding steroid dienone is 1. The molecule has 0 unspecified atom stereocenters. The molecule has 0 aromatic carbocycles. The first-order valence-corrected chi connectivity index (χ1v) is 4.02. The van der Waals surface area contributed by atoms with E-state index in [-0.39, 0.29) is 6.61 Å². The summed E-state index contributed by atoms with van der Waals surface area (Å²) in [6.45, 7) is 6.53. The summed E-state index contributed by atoms with van der Waals surface area (Å²) < 4.78 is 0. The Morgan fingerprint density at radius 2 is 1.90 bits per heavy atom. The third kappa shape index (κ3) is 3.67. The van der Waals surface area contributed by atoms with Gasteiger partial charge in [-0.25, -0.2) is 0 Å². The van der Waals surface area contributed by atoms with Crippen LogP contribution >= 0.6 is 0 Å². The molecule has 0 saturated carbocycles. The zero-order chi connectivity index (χ0) is 7.98. The number of aliphatic hydroxyl groups excluding tert-OH is 1. The fraction of sp³-hybridized carbons (Fsp3) is 0.778. The number of aliphatic hydroxyl groups is 1. The number of hydrogen-bond acceptors (Lipinski definition) is 1. The van der Waals surface area contributed by atoms with Gasteiger partial charge in [-0.05, 0) is 25.7 Å². The Kier molecular flexibility index (Phi) is 5.32. The first-order valence-electron chi connectivity index (χ1n) is 4.02. The van der Waals surface area contributed by atoms with Gasteiger partial charge < -0.3 is 5.11 Å². The van der Waals surface area contributed by atoms with Gasteiger partial charge in [0.05, 0.1) is 6.61 Å². The maximum Gasteiger partial charge on any atom is 0.0639 e. The maximum absolute atomic E-state index is 8.71. The van der Waals surface area contributed by atoms with E-state index >= 15 is 0 Å². The Balaban J connectivity index is 3.80. The van der Waals surface area contributed by atoms with Crippen molar-refractivity contribution in [3.05, 3.63) is 11.6 Å². The predicted molar refractivity (Wildman–Crippen MR) is 44.9 cm³/mol. The first-order chi connectivity index (χ1) is 4.74. The molecule has 0 saturated heterocycles. The molecule has 0 aromatic heterocycles. The number of rotatable bonds is 4. The van der Waals surface area contributed by atoms with Gasteiger partial charge in [0.25, 0.3) is 0 Å². The Labute approximate surface area is 63.8 Å². The molecular weight excluding hydrogens is 124 g/mol. The highest BCUT2D eigenvalue weighted by Crippen LogP contribution is 2.11. The standard InChI is InChI=1S/C9H18O/c1-4-9(5-2)6-8(3)7-10/h6,9-10H,4-5,7H2,1-3H3. The van der Waals surface area contributed by atoms with E-state index < -0.39 is 0 Å². The third-order valence-corrected chi connectivity index (χ3v) is 1.82. The zero-order valence-corrected chi connectivity index (χ0v) is 7.22. The van der Waals surface area contributed by atoms with Crippen LogP contribution in [0.3, 0.4) is 0 Å². The summed E-state index contributed by atoms with van der Waals surface area (Å²) in [6, 6.07) is 0. The average Bonchev–Trinajstić information content (AvgIpc) is 1.99. The molecule has 0 aliphatic carbocycles. The van der Waals surface area contributed by atoms with Gasteiger partial charge in [-0.15, -0.1) is 0 Å². The maximum atomic E-state index is 8.71. The van der Waals surface area contributed by atoms with Crippen molar-refractivity contribution in [1.82, 2.24) is 0 Å². The first kappa shape index (κ1) is 9.70. The lowest BCUT2D eigenvalue weighted by molar-refractivity contribution is 0.329. The van der Waals surface area contributed by atoms with Gasteiger partial charge in [0.15, 0.2) is 0 Å². The van der Waals surface area contributed by atoms with E-state index in [2.05, 4.69) is 19.9 Å². The molecule has 1 N–H and O–H groups in total. The summed E-state index contributed by atoms with van der Waals surface area (Å²) in [5.74, 6) is 0.659. The van der Waals surface area contributed by atoms with Crippen molar-refractivity contribution < 1.29 is 5.11 Å². The van der Waals surface area contributed by atoms with Crippen molar-refractivity contribution in [1.29, 1.82) is 0 Å². The summed E-state index contributed by atoms with van der Waals surface area (Å²) in [4.78, 5) is 0. The van der Waals surface area contributed by atoms with Crippen LogP contribution < -0.4 is 0 Å². The van der Waals surface area contributed by atoms with Crippen LogP contribution in [0.25, 0.3) is 0 Å². The summed E-state index contributed by atoms with van der Waals surface area (Å²) in [7, 11) is 0. The van der Waals surface area contributed by atoms with E-state index in [0.29, 0.717) is 5.92 Å². The summed E-state index contributed by atoms with van der Waals surface area (Å²) in [5.41, 5.74) is 1.09. The van der Waals surface area contributed by atoms with Gasteiger partial charge in [-0.1, -0.05) is 25.5 Å². The van der Waals surface area contributed by atoms with Gasteiger partial charge >= 0.3 is 0 Å². The van der Waals surface area contributed by atoms with Crippen LogP contribution in [0, 0.1) is 5.92 Å². The normalized spacial score (nSPS) is 12.7. The van der Waals surface area contributed by atoms with Crippen LogP contribution in [0.4, 0.5) is 0 Å². The van der Waals surface area contributed by atoms with E-state index in [0.717, 1.165) is 5.57 Å². The second-order valence-electron chi connectivity index (χ2n) is 2.75. The molecule has 1 heteroatoms. The van der Waals surface area contributed by atoms with E-state index in [9.17, 15) is 0 Å². The summed E-state index contributed by atoms with van der Waals surface area (Å²) in [6.07, 6.45) is 4.52. The second kappa shape index (κ2) is 5.48. The van der Waals surface area contributed by atoms with Gasteiger partial charge in [0.1, 0.15) is 0 Å². The molecule has 0 heterocycles. The van der Waals surface area contributed by atoms with Crippen LogP contribution in [0.15, 0.2) is 11.6 Å². The molecule has 0 atom stereocenters. The van der Waals surface area contributed by atoms with Crippen LogP contribution in [0.5, 0.6) is 0 Å². The van der Waals surface area contributed by atoms with Crippen molar-refractivity contribution in [2.75, 3.05) is 6.61 Å². The fourth-order valence-corrected chi connectivity index (χ4v) is 0.979. The van der Waals surface area contributed by atoms with Crippen molar-refractivity contribution in [3.8, 4) is 0 Å². The summed E-state index contributed by atoms with van der Waals surface area (Å²) >= 11 is 0. The second-order valence-corrected chi connectivity index (χ2v) is 2.75. The van der Waals surface area contributed by atoms with Gasteiger partial charge in [0.2, 0.25) is 0 Å². The Morgan fingerprint density at radius 3 is 2.20 bits per heavy atom. The zero-order valence-electron chi connectivity index (χ0n) is 7.22. The molecule has 1 nitrogen and oxygen atoms in total.